The Labute approximate surface area is 120 Å². The van der Waals surface area contributed by atoms with E-state index >= 15 is 0 Å². The van der Waals surface area contributed by atoms with Gasteiger partial charge in [0.1, 0.15) is 0 Å². The number of amides is 1. The van der Waals surface area contributed by atoms with Gasteiger partial charge >= 0.3 is 0 Å². The van der Waals surface area contributed by atoms with Crippen molar-refractivity contribution in [2.24, 2.45) is 10.4 Å². The summed E-state index contributed by atoms with van der Waals surface area (Å²) < 4.78 is 0. The first-order chi connectivity index (χ1) is 7.49. The predicted octanol–water partition coefficient (Wildman–Crippen LogP) is 0.704. The van der Waals surface area contributed by atoms with Crippen molar-refractivity contribution in [3.05, 3.63) is 0 Å². The highest BCUT2D eigenvalue weighted by Crippen LogP contribution is 2.18. The third-order valence-corrected chi connectivity index (χ3v) is 2.68. The zero-order valence-corrected chi connectivity index (χ0v) is 13.3. The van der Waals surface area contributed by atoms with Gasteiger partial charge in [-0.1, -0.05) is 0 Å². The second-order valence-corrected chi connectivity index (χ2v) is 4.81. The Morgan fingerprint density at radius 1 is 1.41 bits per heavy atom. The molecule has 0 aromatic heterocycles. The Morgan fingerprint density at radius 3 is 2.41 bits per heavy atom. The second kappa shape index (κ2) is 7.03. The van der Waals surface area contributed by atoms with Crippen molar-refractivity contribution >= 4 is 35.8 Å². The van der Waals surface area contributed by atoms with Crippen LogP contribution in [0, 0.1) is 5.41 Å². The summed E-state index contributed by atoms with van der Waals surface area (Å²) in [4.78, 5) is 15.7. The first-order valence-corrected chi connectivity index (χ1v) is 5.69. The molecule has 0 saturated heterocycles. The van der Waals surface area contributed by atoms with Crippen LogP contribution < -0.4 is 16.0 Å². The van der Waals surface area contributed by atoms with Gasteiger partial charge in [0.15, 0.2) is 5.96 Å². The van der Waals surface area contributed by atoms with Crippen molar-refractivity contribution in [2.45, 2.75) is 32.7 Å². The van der Waals surface area contributed by atoms with E-state index in [1.807, 2.05) is 13.8 Å². The molecule has 1 aliphatic rings. The molecule has 1 saturated carbocycles. The Hall–Kier alpha value is -0.530. The summed E-state index contributed by atoms with van der Waals surface area (Å²) in [6, 6.07) is 0.564. The molecule has 0 bridgehead atoms. The minimum atomic E-state index is -0.435. The van der Waals surface area contributed by atoms with Crippen molar-refractivity contribution < 1.29 is 4.79 Å². The lowest BCUT2D eigenvalue weighted by Gasteiger charge is -2.24. The van der Waals surface area contributed by atoms with E-state index in [-0.39, 0.29) is 29.9 Å². The van der Waals surface area contributed by atoms with Gasteiger partial charge in [-0.2, -0.15) is 0 Å². The van der Waals surface area contributed by atoms with Crippen molar-refractivity contribution in [1.82, 2.24) is 16.0 Å². The fraction of sp³-hybridized carbons (Fsp3) is 0.818. The van der Waals surface area contributed by atoms with Crippen LogP contribution in [0.2, 0.25) is 0 Å². The SMILES string of the molecule is CN=C(NCC(C)(C)C(=O)NC)NC1CC1.I. The lowest BCUT2D eigenvalue weighted by Crippen LogP contribution is -2.47. The summed E-state index contributed by atoms with van der Waals surface area (Å²) in [7, 11) is 3.39. The number of hydrogen-bond donors (Lipinski definition) is 3. The molecule has 0 atom stereocenters. The summed E-state index contributed by atoms with van der Waals surface area (Å²) in [6.07, 6.45) is 2.42. The van der Waals surface area contributed by atoms with E-state index in [4.69, 9.17) is 0 Å². The number of nitrogens with zero attached hydrogens (tertiary/aromatic N) is 1. The van der Waals surface area contributed by atoms with Gasteiger partial charge in [-0.05, 0) is 26.7 Å². The minimum Gasteiger partial charge on any atom is -0.359 e. The summed E-state index contributed by atoms with van der Waals surface area (Å²) >= 11 is 0. The van der Waals surface area contributed by atoms with Crippen LogP contribution in [-0.4, -0.2) is 38.5 Å². The molecule has 0 aromatic rings. The van der Waals surface area contributed by atoms with Crippen LogP contribution in [0.5, 0.6) is 0 Å². The van der Waals surface area contributed by atoms with E-state index in [1.165, 1.54) is 12.8 Å². The molecule has 1 fully saturated rings. The fourth-order valence-corrected chi connectivity index (χ4v) is 1.34. The van der Waals surface area contributed by atoms with Crippen LogP contribution in [-0.2, 0) is 4.79 Å². The Kier molecular flexibility index (Phi) is 6.81. The smallest absolute Gasteiger partial charge is 0.227 e. The molecule has 6 heteroatoms. The Morgan fingerprint density at radius 2 is 2.00 bits per heavy atom. The highest BCUT2D eigenvalue weighted by molar-refractivity contribution is 14.0. The van der Waals surface area contributed by atoms with E-state index in [2.05, 4.69) is 20.9 Å². The molecule has 5 nitrogen and oxygen atoms in total. The number of rotatable bonds is 4. The minimum absolute atomic E-state index is 0. The average molecular weight is 354 g/mol. The molecular weight excluding hydrogens is 331 g/mol. The molecule has 0 aliphatic heterocycles. The van der Waals surface area contributed by atoms with Crippen molar-refractivity contribution in [1.29, 1.82) is 0 Å². The molecule has 0 heterocycles. The van der Waals surface area contributed by atoms with Crippen LogP contribution in [0.1, 0.15) is 26.7 Å². The molecule has 0 radical (unpaired) electrons. The van der Waals surface area contributed by atoms with Crippen LogP contribution in [0.3, 0.4) is 0 Å². The Bertz CT molecular complexity index is 287. The normalized spacial score (nSPS) is 15.9. The molecule has 17 heavy (non-hydrogen) atoms. The molecular formula is C11H23IN4O. The quantitative estimate of drug-likeness (QED) is 0.396. The summed E-state index contributed by atoms with van der Waals surface area (Å²) in [5, 5.41) is 9.11. The topological polar surface area (TPSA) is 65.5 Å². The van der Waals surface area contributed by atoms with Gasteiger partial charge in [-0.3, -0.25) is 9.79 Å². The fourth-order valence-electron chi connectivity index (χ4n) is 1.34. The van der Waals surface area contributed by atoms with Crippen molar-refractivity contribution in [2.75, 3.05) is 20.6 Å². The number of hydrogen-bond acceptors (Lipinski definition) is 2. The first kappa shape index (κ1) is 16.5. The second-order valence-electron chi connectivity index (χ2n) is 4.81. The van der Waals surface area contributed by atoms with Crippen molar-refractivity contribution in [3.8, 4) is 0 Å². The monoisotopic (exact) mass is 354 g/mol. The molecule has 3 N–H and O–H groups in total. The van der Waals surface area contributed by atoms with E-state index in [0.717, 1.165) is 5.96 Å². The maximum absolute atomic E-state index is 11.6. The summed E-state index contributed by atoms with van der Waals surface area (Å²) in [6.45, 7) is 4.38. The predicted molar refractivity (Wildman–Crippen MR) is 80.8 cm³/mol. The van der Waals surface area contributed by atoms with Gasteiger partial charge < -0.3 is 16.0 Å². The number of nitrogens with one attached hydrogen (secondary N) is 3. The Balaban J connectivity index is 0.00000256. The number of guanidine groups is 1. The number of carbonyl (C=O) groups is 1. The lowest BCUT2D eigenvalue weighted by atomic mass is 9.92. The number of aliphatic imine (C=N–C) groups is 1. The van der Waals surface area contributed by atoms with Crippen LogP contribution >= 0.6 is 24.0 Å². The maximum atomic E-state index is 11.6. The van der Waals surface area contributed by atoms with Crippen LogP contribution in [0.15, 0.2) is 4.99 Å². The lowest BCUT2D eigenvalue weighted by molar-refractivity contribution is -0.128. The average Bonchev–Trinajstić information content (AvgIpc) is 3.06. The van der Waals surface area contributed by atoms with E-state index in [0.29, 0.717) is 12.6 Å². The zero-order valence-electron chi connectivity index (χ0n) is 11.0. The molecule has 100 valence electrons. The van der Waals surface area contributed by atoms with E-state index in [1.54, 1.807) is 14.1 Å². The van der Waals surface area contributed by atoms with Crippen LogP contribution in [0.25, 0.3) is 0 Å². The molecule has 1 amide bonds. The first-order valence-electron chi connectivity index (χ1n) is 5.69. The van der Waals surface area contributed by atoms with Gasteiger partial charge in [-0.25, -0.2) is 0 Å². The molecule has 0 unspecified atom stereocenters. The van der Waals surface area contributed by atoms with E-state index in [9.17, 15) is 4.79 Å². The standard InChI is InChI=1S/C11H22N4O.HI/c1-11(2,9(16)12-3)7-14-10(13-4)15-8-5-6-8;/h8H,5-7H2,1-4H3,(H,12,16)(H2,13,14,15);1H. The molecule has 1 aliphatic carbocycles. The third-order valence-electron chi connectivity index (χ3n) is 2.68. The summed E-state index contributed by atoms with van der Waals surface area (Å²) in [5.41, 5.74) is -0.435. The van der Waals surface area contributed by atoms with Gasteiger partial charge in [0, 0.05) is 26.7 Å². The number of halogens is 1. The zero-order chi connectivity index (χ0) is 12.2. The van der Waals surface area contributed by atoms with Gasteiger partial charge in [-0.15, -0.1) is 24.0 Å². The summed E-state index contributed by atoms with van der Waals surface area (Å²) in [5.74, 6) is 0.807. The third kappa shape index (κ3) is 5.56. The van der Waals surface area contributed by atoms with Crippen LogP contribution in [0.4, 0.5) is 0 Å². The molecule has 0 aromatic carbocycles. The van der Waals surface area contributed by atoms with Gasteiger partial charge in [0.2, 0.25) is 5.91 Å². The number of carbonyl (C=O) groups excluding carboxylic acids is 1. The highest BCUT2D eigenvalue weighted by Gasteiger charge is 2.28. The van der Waals surface area contributed by atoms with Crippen molar-refractivity contribution in [3.63, 3.8) is 0 Å². The largest absolute Gasteiger partial charge is 0.359 e. The molecule has 1 rings (SSSR count). The van der Waals surface area contributed by atoms with Gasteiger partial charge in [0.05, 0.1) is 5.41 Å². The van der Waals surface area contributed by atoms with E-state index < -0.39 is 5.41 Å². The highest BCUT2D eigenvalue weighted by atomic mass is 127. The molecule has 0 spiro atoms. The van der Waals surface area contributed by atoms with Gasteiger partial charge in [0.25, 0.3) is 0 Å². The maximum Gasteiger partial charge on any atom is 0.227 e.